The van der Waals surface area contributed by atoms with Crippen LogP contribution in [0.25, 0.3) is 5.57 Å². The van der Waals surface area contributed by atoms with Gasteiger partial charge in [0.2, 0.25) is 0 Å². The number of rotatable bonds is 4. The van der Waals surface area contributed by atoms with Gasteiger partial charge in [0.05, 0.1) is 11.3 Å². The van der Waals surface area contributed by atoms with E-state index in [4.69, 9.17) is 11.6 Å². The van der Waals surface area contributed by atoms with Crippen LogP contribution in [0.1, 0.15) is 16.7 Å². The molecule has 1 aliphatic heterocycles. The van der Waals surface area contributed by atoms with Crippen molar-refractivity contribution >= 4 is 40.4 Å². The number of aryl methyl sites for hydroxylation is 2. The van der Waals surface area contributed by atoms with E-state index in [-0.39, 0.29) is 17.0 Å². The second-order valence-electron chi connectivity index (χ2n) is 7.10. The fourth-order valence-electron chi connectivity index (χ4n) is 3.35. The van der Waals surface area contributed by atoms with Gasteiger partial charge in [0.15, 0.2) is 0 Å². The number of anilines is 2. The minimum Gasteiger partial charge on any atom is -0.350 e. The second kappa shape index (κ2) is 7.76. The molecule has 0 bridgehead atoms. The van der Waals surface area contributed by atoms with Gasteiger partial charge in [-0.1, -0.05) is 59.6 Å². The van der Waals surface area contributed by atoms with Gasteiger partial charge < -0.3 is 5.32 Å². The first kappa shape index (κ1) is 19.9. The summed E-state index contributed by atoms with van der Waals surface area (Å²) in [4.78, 5) is 27.5. The van der Waals surface area contributed by atoms with E-state index < -0.39 is 17.6 Å². The summed E-state index contributed by atoms with van der Waals surface area (Å²) in [5, 5.41) is 3.56. The summed E-state index contributed by atoms with van der Waals surface area (Å²) in [6.45, 7) is 3.79. The van der Waals surface area contributed by atoms with Crippen molar-refractivity contribution in [3.05, 3.63) is 100.0 Å². The van der Waals surface area contributed by atoms with Crippen LogP contribution >= 0.6 is 11.6 Å². The molecule has 150 valence electrons. The summed E-state index contributed by atoms with van der Waals surface area (Å²) >= 11 is 6.12. The van der Waals surface area contributed by atoms with Crippen LogP contribution in [-0.4, -0.2) is 11.8 Å². The lowest BCUT2D eigenvalue weighted by molar-refractivity contribution is -0.120. The van der Waals surface area contributed by atoms with Crippen molar-refractivity contribution in [3.63, 3.8) is 0 Å². The summed E-state index contributed by atoms with van der Waals surface area (Å²) in [5.41, 5.74) is 3.21. The summed E-state index contributed by atoms with van der Waals surface area (Å²) in [6.07, 6.45) is 0. The summed E-state index contributed by atoms with van der Waals surface area (Å²) in [6, 6.07) is 18.2. The summed E-state index contributed by atoms with van der Waals surface area (Å²) < 4.78 is 14.4. The molecule has 0 spiro atoms. The zero-order valence-electron chi connectivity index (χ0n) is 16.4. The largest absolute Gasteiger partial charge is 0.350 e. The first-order chi connectivity index (χ1) is 14.4. The molecule has 4 nitrogen and oxygen atoms in total. The van der Waals surface area contributed by atoms with Gasteiger partial charge in [-0.05, 0) is 49.2 Å². The number of hydrogen-bond acceptors (Lipinski definition) is 3. The van der Waals surface area contributed by atoms with Crippen molar-refractivity contribution in [2.24, 2.45) is 0 Å². The molecule has 1 N–H and O–H groups in total. The first-order valence-corrected chi connectivity index (χ1v) is 9.72. The molecule has 2 amide bonds. The standard InChI is InChI=1S/C24H18ClFN2O2/c1-14-7-10-16(11-8-14)21-22(27-19-13-17(25)12-9-15(19)2)24(30)28(23(21)29)20-6-4-3-5-18(20)26/h3-13,27H,1-2H3. The number of benzene rings is 3. The molecule has 0 atom stereocenters. The molecular weight excluding hydrogens is 403 g/mol. The minimum atomic E-state index is -0.650. The van der Waals surface area contributed by atoms with Gasteiger partial charge in [-0.2, -0.15) is 0 Å². The number of nitrogens with one attached hydrogen (secondary N) is 1. The normalized spacial score (nSPS) is 13.9. The maximum absolute atomic E-state index is 14.4. The van der Waals surface area contributed by atoms with Crippen LogP contribution in [0.15, 0.2) is 72.4 Å². The zero-order chi connectivity index (χ0) is 21.4. The van der Waals surface area contributed by atoms with Crippen molar-refractivity contribution in [2.45, 2.75) is 13.8 Å². The fourth-order valence-corrected chi connectivity index (χ4v) is 3.52. The molecule has 0 aliphatic carbocycles. The van der Waals surface area contributed by atoms with Crippen molar-refractivity contribution in [1.82, 2.24) is 0 Å². The fraction of sp³-hybridized carbons (Fsp3) is 0.0833. The lowest BCUT2D eigenvalue weighted by atomic mass is 10.0. The van der Waals surface area contributed by atoms with Crippen molar-refractivity contribution in [3.8, 4) is 0 Å². The monoisotopic (exact) mass is 420 g/mol. The third-order valence-corrected chi connectivity index (χ3v) is 5.21. The van der Waals surface area contributed by atoms with Gasteiger partial charge in [0.25, 0.3) is 11.8 Å². The van der Waals surface area contributed by atoms with Crippen LogP contribution < -0.4 is 10.2 Å². The Morgan fingerprint density at radius 3 is 2.30 bits per heavy atom. The molecule has 0 unspecified atom stereocenters. The number of hydrogen-bond donors (Lipinski definition) is 1. The Balaban J connectivity index is 1.87. The second-order valence-corrected chi connectivity index (χ2v) is 7.53. The molecule has 4 rings (SSSR count). The van der Waals surface area contributed by atoms with Crippen LogP contribution in [0.2, 0.25) is 5.02 Å². The first-order valence-electron chi connectivity index (χ1n) is 9.34. The number of para-hydroxylation sites is 1. The van der Waals surface area contributed by atoms with E-state index in [1.165, 1.54) is 18.2 Å². The van der Waals surface area contributed by atoms with Gasteiger partial charge in [-0.3, -0.25) is 9.59 Å². The highest BCUT2D eigenvalue weighted by molar-refractivity contribution is 6.46. The van der Waals surface area contributed by atoms with Crippen molar-refractivity contribution in [1.29, 1.82) is 0 Å². The average Bonchev–Trinajstić information content (AvgIpc) is 2.96. The van der Waals surface area contributed by atoms with E-state index >= 15 is 0 Å². The van der Waals surface area contributed by atoms with Crippen molar-refractivity contribution < 1.29 is 14.0 Å². The number of halogens is 2. The summed E-state index contributed by atoms with van der Waals surface area (Å²) in [7, 11) is 0. The Morgan fingerprint density at radius 1 is 0.900 bits per heavy atom. The highest BCUT2D eigenvalue weighted by atomic mass is 35.5. The predicted octanol–water partition coefficient (Wildman–Crippen LogP) is 5.49. The quantitative estimate of drug-likeness (QED) is 0.567. The topological polar surface area (TPSA) is 49.4 Å². The molecule has 0 radical (unpaired) electrons. The van der Waals surface area contributed by atoms with E-state index in [1.807, 2.05) is 32.0 Å². The van der Waals surface area contributed by atoms with E-state index in [1.54, 1.807) is 30.3 Å². The van der Waals surface area contributed by atoms with Gasteiger partial charge in [0.1, 0.15) is 11.5 Å². The number of carbonyl (C=O) groups excluding carboxylic acids is 2. The van der Waals surface area contributed by atoms with Gasteiger partial charge in [-0.15, -0.1) is 0 Å². The molecule has 1 aliphatic rings. The maximum atomic E-state index is 14.4. The molecule has 0 saturated heterocycles. The van der Waals surface area contributed by atoms with E-state index in [2.05, 4.69) is 5.32 Å². The van der Waals surface area contributed by atoms with E-state index in [0.29, 0.717) is 16.3 Å². The highest BCUT2D eigenvalue weighted by Crippen LogP contribution is 2.35. The number of nitrogens with zero attached hydrogens (tertiary/aromatic N) is 1. The third-order valence-electron chi connectivity index (χ3n) is 4.98. The Hall–Kier alpha value is -3.44. The average molecular weight is 421 g/mol. The van der Waals surface area contributed by atoms with Crippen LogP contribution in [0.5, 0.6) is 0 Å². The molecule has 0 fully saturated rings. The zero-order valence-corrected chi connectivity index (χ0v) is 17.1. The number of carbonyl (C=O) groups is 2. The number of amides is 2. The Bertz CT molecular complexity index is 1200. The molecule has 3 aromatic carbocycles. The minimum absolute atomic E-state index is 0.0810. The van der Waals surface area contributed by atoms with Crippen LogP contribution in [-0.2, 0) is 9.59 Å². The van der Waals surface area contributed by atoms with Crippen LogP contribution in [0.3, 0.4) is 0 Å². The molecule has 3 aromatic rings. The smallest absolute Gasteiger partial charge is 0.282 e. The molecule has 6 heteroatoms. The van der Waals surface area contributed by atoms with Gasteiger partial charge in [0, 0.05) is 10.7 Å². The van der Waals surface area contributed by atoms with Crippen molar-refractivity contribution in [2.75, 3.05) is 10.2 Å². The lowest BCUT2D eigenvalue weighted by Crippen LogP contribution is -2.33. The molecule has 30 heavy (non-hydrogen) atoms. The van der Waals surface area contributed by atoms with E-state index in [9.17, 15) is 14.0 Å². The molecule has 0 aromatic heterocycles. The molecular formula is C24H18ClFN2O2. The van der Waals surface area contributed by atoms with Crippen LogP contribution in [0, 0.1) is 19.7 Å². The number of imide groups is 1. The van der Waals surface area contributed by atoms with Gasteiger partial charge in [-0.25, -0.2) is 9.29 Å². The Kier molecular flexibility index (Phi) is 5.14. The van der Waals surface area contributed by atoms with E-state index in [0.717, 1.165) is 16.0 Å². The third kappa shape index (κ3) is 3.48. The lowest BCUT2D eigenvalue weighted by Gasteiger charge is -2.16. The highest BCUT2D eigenvalue weighted by Gasteiger charge is 2.41. The summed E-state index contributed by atoms with van der Waals surface area (Å²) in [5.74, 6) is -1.86. The predicted molar refractivity (Wildman–Crippen MR) is 117 cm³/mol. The Labute approximate surface area is 178 Å². The SMILES string of the molecule is Cc1ccc(C2=C(Nc3cc(Cl)ccc3C)C(=O)N(c3ccccc3F)C2=O)cc1. The van der Waals surface area contributed by atoms with Gasteiger partial charge >= 0.3 is 0 Å². The van der Waals surface area contributed by atoms with Crippen LogP contribution in [0.4, 0.5) is 15.8 Å². The molecule has 1 heterocycles. The maximum Gasteiger partial charge on any atom is 0.282 e. The Morgan fingerprint density at radius 2 is 1.60 bits per heavy atom. The molecule has 0 saturated carbocycles.